The van der Waals surface area contributed by atoms with Crippen LogP contribution in [0, 0.1) is 20.2 Å². The van der Waals surface area contributed by atoms with Crippen molar-refractivity contribution in [2.24, 2.45) is 0 Å². The Morgan fingerprint density at radius 2 is 1.40 bits per heavy atom. The minimum atomic E-state index is -4.67. The van der Waals surface area contributed by atoms with Gasteiger partial charge in [-0.1, -0.05) is 0 Å². The van der Waals surface area contributed by atoms with E-state index < -0.39 is 25.9 Å². The highest BCUT2D eigenvalue weighted by molar-refractivity contribution is 7.79. The number of rotatable bonds is 2. The summed E-state index contributed by atoms with van der Waals surface area (Å²) in [4.78, 5) is 18.4. The molecule has 15 heavy (non-hydrogen) atoms. The number of hydrogen-bond acceptors (Lipinski definition) is 7. The molecular formula is C3H7N3O8S. The van der Waals surface area contributed by atoms with Gasteiger partial charge in [0, 0.05) is 0 Å². The van der Waals surface area contributed by atoms with Crippen LogP contribution in [0.4, 0.5) is 0 Å². The fraction of sp³-hybridized carbons (Fsp3) is 1.00. The maximum absolute atomic E-state index is 10.1. The number of hydrogen-bond donors (Lipinski definition) is 3. The molecule has 0 bridgehead atoms. The summed E-state index contributed by atoms with van der Waals surface area (Å²) < 4.78 is 31.6. The molecule has 1 rings (SSSR count). The van der Waals surface area contributed by atoms with Gasteiger partial charge in [0.1, 0.15) is 22.9 Å². The van der Waals surface area contributed by atoms with E-state index in [-0.39, 0.29) is 13.1 Å². The lowest BCUT2D eigenvalue weighted by molar-refractivity contribution is -0.802. The zero-order valence-corrected chi connectivity index (χ0v) is 7.88. The molecule has 1 fully saturated rings. The Balaban J connectivity index is 0.000000336. The van der Waals surface area contributed by atoms with Crippen LogP contribution in [0.1, 0.15) is 0 Å². The molecule has 11 nitrogen and oxygen atoms in total. The molecule has 1 heterocycles. The second-order valence-corrected chi connectivity index (χ2v) is 3.44. The van der Waals surface area contributed by atoms with E-state index in [1.807, 2.05) is 0 Å². The first-order valence-corrected chi connectivity index (χ1v) is 4.69. The molecule has 0 saturated carbocycles. The Morgan fingerprint density at radius 3 is 1.40 bits per heavy atom. The molecule has 88 valence electrons. The molecule has 1 saturated heterocycles. The second-order valence-electron chi connectivity index (χ2n) is 2.55. The van der Waals surface area contributed by atoms with Crippen LogP contribution < -0.4 is 5.32 Å². The van der Waals surface area contributed by atoms with Crippen molar-refractivity contribution in [3.05, 3.63) is 20.2 Å². The van der Waals surface area contributed by atoms with E-state index >= 15 is 0 Å². The van der Waals surface area contributed by atoms with Gasteiger partial charge < -0.3 is 0 Å². The topological polar surface area (TPSA) is 173 Å². The van der Waals surface area contributed by atoms with E-state index in [0.717, 1.165) is 0 Å². The molecule has 0 unspecified atom stereocenters. The van der Waals surface area contributed by atoms with E-state index in [9.17, 15) is 20.2 Å². The average molecular weight is 245 g/mol. The Bertz CT molecular complexity index is 333. The zero-order valence-electron chi connectivity index (χ0n) is 7.06. The summed E-state index contributed by atoms with van der Waals surface area (Å²) in [6.45, 7) is -0.347. The van der Waals surface area contributed by atoms with Crippen LogP contribution in [0.25, 0.3) is 0 Å². The molecule has 1 aliphatic heterocycles. The summed E-state index contributed by atoms with van der Waals surface area (Å²) in [7, 11) is -4.67. The SMILES string of the molecule is O=S(=O)(O)O.O=[N+]([O-])C1([N+](=O)[O-])CNC1. The Morgan fingerprint density at radius 1 is 1.13 bits per heavy atom. The van der Waals surface area contributed by atoms with Gasteiger partial charge in [-0.25, -0.2) is 0 Å². The third-order valence-corrected chi connectivity index (χ3v) is 1.50. The molecule has 1 aliphatic rings. The van der Waals surface area contributed by atoms with Gasteiger partial charge in [-0.05, 0) is 0 Å². The van der Waals surface area contributed by atoms with Gasteiger partial charge in [0.05, 0.1) is 0 Å². The molecular weight excluding hydrogens is 238 g/mol. The molecule has 12 heteroatoms. The highest BCUT2D eigenvalue weighted by Crippen LogP contribution is 2.15. The van der Waals surface area contributed by atoms with Crippen LogP contribution >= 0.6 is 0 Å². The van der Waals surface area contributed by atoms with Crippen LogP contribution in [-0.2, 0) is 10.4 Å². The minimum absolute atomic E-state index is 0.174. The monoisotopic (exact) mass is 245 g/mol. The average Bonchev–Trinajstić information content (AvgIpc) is 1.75. The minimum Gasteiger partial charge on any atom is -0.291 e. The fourth-order valence-electron chi connectivity index (χ4n) is 0.673. The summed E-state index contributed by atoms with van der Waals surface area (Å²) in [5.74, 6) is 0. The van der Waals surface area contributed by atoms with E-state index in [2.05, 4.69) is 5.32 Å². The summed E-state index contributed by atoms with van der Waals surface area (Å²) in [5.41, 5.74) is -1.94. The lowest BCUT2D eigenvalue weighted by Gasteiger charge is -2.24. The smallest absolute Gasteiger partial charge is 0.291 e. The zero-order chi connectivity index (χ0) is 12.3. The van der Waals surface area contributed by atoms with Crippen molar-refractivity contribution in [3.8, 4) is 0 Å². The van der Waals surface area contributed by atoms with Crippen molar-refractivity contribution < 1.29 is 27.4 Å². The first-order chi connectivity index (χ1) is 6.59. The molecule has 0 atom stereocenters. The molecule has 0 aromatic heterocycles. The van der Waals surface area contributed by atoms with Crippen LogP contribution in [0.5, 0.6) is 0 Å². The predicted molar refractivity (Wildman–Crippen MR) is 43.8 cm³/mol. The van der Waals surface area contributed by atoms with Crippen LogP contribution in [-0.4, -0.2) is 46.1 Å². The predicted octanol–water partition coefficient (Wildman–Crippen LogP) is -1.81. The van der Waals surface area contributed by atoms with Gasteiger partial charge in [0.25, 0.3) is 0 Å². The van der Waals surface area contributed by atoms with Gasteiger partial charge in [0.2, 0.25) is 0 Å². The largest absolute Gasteiger partial charge is 0.482 e. The van der Waals surface area contributed by atoms with Crippen molar-refractivity contribution >= 4 is 10.4 Å². The van der Waals surface area contributed by atoms with Gasteiger partial charge in [-0.2, -0.15) is 8.42 Å². The third kappa shape index (κ3) is 4.11. The standard InChI is InChI=1S/C3H5N3O4.H2O4S/c7-5(8)3(6(9)10)1-4-2-3;1-5(2,3)4/h4H,1-2H2;(H2,1,2,3,4). The Labute approximate surface area is 83.0 Å². The number of nitro groups is 2. The van der Waals surface area contributed by atoms with E-state index in [1.165, 1.54) is 0 Å². The van der Waals surface area contributed by atoms with Gasteiger partial charge >= 0.3 is 16.1 Å². The first-order valence-electron chi connectivity index (χ1n) is 3.29. The molecule has 0 radical (unpaired) electrons. The normalized spacial score (nSPS) is 18.0. The van der Waals surface area contributed by atoms with Crippen LogP contribution in [0.15, 0.2) is 0 Å². The van der Waals surface area contributed by atoms with Crippen molar-refractivity contribution in [2.45, 2.75) is 5.66 Å². The first kappa shape index (κ1) is 13.6. The highest BCUT2D eigenvalue weighted by atomic mass is 32.3. The fourth-order valence-corrected chi connectivity index (χ4v) is 0.673. The Hall–Kier alpha value is -1.37. The van der Waals surface area contributed by atoms with E-state index in [0.29, 0.717) is 0 Å². The second kappa shape index (κ2) is 4.43. The Kier molecular flexibility index (Phi) is 4.03. The van der Waals surface area contributed by atoms with Crippen molar-refractivity contribution in [3.63, 3.8) is 0 Å². The molecule has 0 aliphatic carbocycles. The quantitative estimate of drug-likeness (QED) is 0.219. The lowest BCUT2D eigenvalue weighted by atomic mass is 10.1. The third-order valence-electron chi connectivity index (χ3n) is 1.50. The summed E-state index contributed by atoms with van der Waals surface area (Å²) in [6, 6.07) is 0. The van der Waals surface area contributed by atoms with Crippen LogP contribution in [0.2, 0.25) is 0 Å². The van der Waals surface area contributed by atoms with Crippen molar-refractivity contribution in [1.29, 1.82) is 0 Å². The molecule has 0 aromatic carbocycles. The van der Waals surface area contributed by atoms with E-state index in [4.69, 9.17) is 17.5 Å². The van der Waals surface area contributed by atoms with Gasteiger partial charge in [-0.15, -0.1) is 0 Å². The maximum Gasteiger partial charge on any atom is 0.482 e. The number of nitrogens with zero attached hydrogens (tertiary/aromatic N) is 2. The molecule has 3 N–H and O–H groups in total. The van der Waals surface area contributed by atoms with Gasteiger partial charge in [0.15, 0.2) is 0 Å². The van der Waals surface area contributed by atoms with Crippen LogP contribution in [0.3, 0.4) is 0 Å². The molecule has 0 aromatic rings. The van der Waals surface area contributed by atoms with Crippen molar-refractivity contribution in [2.75, 3.05) is 13.1 Å². The summed E-state index contributed by atoms with van der Waals surface area (Å²) >= 11 is 0. The molecule has 0 amide bonds. The van der Waals surface area contributed by atoms with Crippen molar-refractivity contribution in [1.82, 2.24) is 5.32 Å². The van der Waals surface area contributed by atoms with E-state index in [1.54, 1.807) is 0 Å². The lowest BCUT2D eigenvalue weighted by Crippen LogP contribution is -2.68. The summed E-state index contributed by atoms with van der Waals surface area (Å²) in [6.07, 6.45) is 0. The number of nitrogens with one attached hydrogen (secondary N) is 1. The van der Waals surface area contributed by atoms with Gasteiger partial charge in [-0.3, -0.25) is 34.7 Å². The summed E-state index contributed by atoms with van der Waals surface area (Å²) in [5, 5.41) is 22.6. The highest BCUT2D eigenvalue weighted by Gasteiger charge is 2.61. The molecule has 0 spiro atoms. The maximum atomic E-state index is 10.1.